The average Bonchev–Trinajstić information content (AvgIpc) is 3.37. The summed E-state index contributed by atoms with van der Waals surface area (Å²) in [6, 6.07) is 2.01. The molecule has 154 valence electrons. The molecule has 0 bridgehead atoms. The molecule has 0 saturated carbocycles. The van der Waals surface area contributed by atoms with Gasteiger partial charge in [-0.25, -0.2) is 13.4 Å². The van der Waals surface area contributed by atoms with Crippen LogP contribution in [0.5, 0.6) is 0 Å². The molecule has 0 spiro atoms. The summed E-state index contributed by atoms with van der Waals surface area (Å²) >= 11 is 1.55. The first-order valence-electron chi connectivity index (χ1n) is 9.34. The van der Waals surface area contributed by atoms with Crippen LogP contribution in [0.2, 0.25) is 0 Å². The summed E-state index contributed by atoms with van der Waals surface area (Å²) in [6.07, 6.45) is 1.70. The Bertz CT molecular complexity index is 1120. The van der Waals surface area contributed by atoms with E-state index in [4.69, 9.17) is 9.40 Å². The molecule has 29 heavy (non-hydrogen) atoms. The van der Waals surface area contributed by atoms with E-state index in [-0.39, 0.29) is 5.75 Å². The number of hydrogen-bond donors (Lipinski definition) is 0. The number of hydrogen-bond acceptors (Lipinski definition) is 9. The van der Waals surface area contributed by atoms with Gasteiger partial charge in [-0.2, -0.15) is 4.31 Å². The smallest absolute Gasteiger partial charge is 0.268 e. The summed E-state index contributed by atoms with van der Waals surface area (Å²) in [6.45, 7) is 7.49. The van der Waals surface area contributed by atoms with Crippen LogP contribution >= 0.6 is 11.3 Å². The Kier molecular flexibility index (Phi) is 5.36. The molecule has 1 saturated heterocycles. The summed E-state index contributed by atoms with van der Waals surface area (Å²) in [7, 11) is -3.17. The highest BCUT2D eigenvalue weighted by Gasteiger charge is 2.27. The maximum absolute atomic E-state index is 12.1. The van der Waals surface area contributed by atoms with Crippen molar-refractivity contribution in [2.24, 2.45) is 0 Å². The largest absolute Gasteiger partial charge is 0.414 e. The van der Waals surface area contributed by atoms with E-state index >= 15 is 0 Å². The molecule has 4 heterocycles. The molecule has 0 aromatic carbocycles. The summed E-state index contributed by atoms with van der Waals surface area (Å²) in [5.74, 6) is 1.58. The van der Waals surface area contributed by atoms with Crippen molar-refractivity contribution in [3.05, 3.63) is 28.9 Å². The molecule has 1 fully saturated rings. The quantitative estimate of drug-likeness (QED) is 0.602. The lowest BCUT2D eigenvalue weighted by Gasteiger charge is -2.34. The van der Waals surface area contributed by atoms with E-state index in [1.54, 1.807) is 24.5 Å². The van der Waals surface area contributed by atoms with Crippen molar-refractivity contribution in [3.63, 3.8) is 0 Å². The van der Waals surface area contributed by atoms with E-state index in [0.29, 0.717) is 55.2 Å². The second-order valence-electron chi connectivity index (χ2n) is 6.79. The summed E-state index contributed by atoms with van der Waals surface area (Å²) < 4.78 is 31.5. The minimum atomic E-state index is -3.17. The first-order chi connectivity index (χ1) is 13.9. The molecule has 0 atom stereocenters. The van der Waals surface area contributed by atoms with Gasteiger partial charge in [0.15, 0.2) is 5.69 Å². The van der Waals surface area contributed by atoms with Gasteiger partial charge in [-0.15, -0.1) is 21.5 Å². The molecule has 3 aromatic rings. The number of sulfonamides is 1. The van der Waals surface area contributed by atoms with Gasteiger partial charge < -0.3 is 9.32 Å². The molecule has 0 amide bonds. The number of thiophene rings is 1. The predicted molar refractivity (Wildman–Crippen MR) is 111 cm³/mol. The second-order valence-corrected chi connectivity index (χ2v) is 9.97. The number of nitrogens with zero attached hydrogens (tertiary/aromatic N) is 6. The van der Waals surface area contributed by atoms with E-state index in [9.17, 15) is 8.42 Å². The number of aryl methyl sites for hydroxylation is 2. The van der Waals surface area contributed by atoms with Crippen LogP contribution < -0.4 is 4.90 Å². The molecule has 11 heteroatoms. The zero-order valence-electron chi connectivity index (χ0n) is 16.5. The molecule has 0 radical (unpaired) electrons. The van der Waals surface area contributed by atoms with Crippen LogP contribution in [0, 0.1) is 13.8 Å². The topological polar surface area (TPSA) is 105 Å². The monoisotopic (exact) mass is 434 g/mol. The van der Waals surface area contributed by atoms with Gasteiger partial charge in [0.05, 0.1) is 22.5 Å². The third kappa shape index (κ3) is 3.89. The predicted octanol–water partition coefficient (Wildman–Crippen LogP) is 2.34. The third-order valence-corrected chi connectivity index (χ3v) is 7.83. The maximum atomic E-state index is 12.1. The highest BCUT2D eigenvalue weighted by Crippen LogP contribution is 2.31. The highest BCUT2D eigenvalue weighted by atomic mass is 32.2. The standard InChI is InChI=1S/C18H22N6O3S2/c1-4-29(25,26)24-8-6-23(7-9-24)14-11-19-13(3)15(20-14)17-21-22-18(27-17)16-12(2)5-10-28-16/h5,10-11H,4,6-9H2,1-3H3. The van der Waals surface area contributed by atoms with Crippen LogP contribution in [0.3, 0.4) is 0 Å². The van der Waals surface area contributed by atoms with Crippen LogP contribution in [0.4, 0.5) is 5.82 Å². The van der Waals surface area contributed by atoms with Gasteiger partial charge in [-0.05, 0) is 37.8 Å². The minimum absolute atomic E-state index is 0.116. The lowest BCUT2D eigenvalue weighted by molar-refractivity contribution is 0.384. The Hall–Kier alpha value is -2.37. The number of aromatic nitrogens is 4. The van der Waals surface area contributed by atoms with Gasteiger partial charge in [0.1, 0.15) is 5.82 Å². The van der Waals surface area contributed by atoms with Crippen molar-refractivity contribution in [1.82, 2.24) is 24.5 Å². The van der Waals surface area contributed by atoms with Crippen molar-refractivity contribution in [2.75, 3.05) is 36.8 Å². The first-order valence-corrected chi connectivity index (χ1v) is 11.8. The molecule has 1 aliphatic heterocycles. The SMILES string of the molecule is CCS(=O)(=O)N1CCN(c2cnc(C)c(-c3nnc(-c4sccc4C)o3)n2)CC1. The van der Waals surface area contributed by atoms with E-state index < -0.39 is 10.0 Å². The van der Waals surface area contributed by atoms with Gasteiger partial charge in [-0.1, -0.05) is 0 Å². The lowest BCUT2D eigenvalue weighted by atomic mass is 10.3. The third-order valence-electron chi connectivity index (χ3n) is 4.95. The normalized spacial score (nSPS) is 15.8. The number of rotatable bonds is 5. The van der Waals surface area contributed by atoms with Crippen LogP contribution in [-0.4, -0.2) is 64.8 Å². The fourth-order valence-corrected chi connectivity index (χ4v) is 5.11. The van der Waals surface area contributed by atoms with Crippen LogP contribution in [0.15, 0.2) is 22.1 Å². The average molecular weight is 435 g/mol. The summed E-state index contributed by atoms with van der Waals surface area (Å²) in [5, 5.41) is 10.3. The Morgan fingerprint density at radius 2 is 1.86 bits per heavy atom. The fraction of sp³-hybridized carbons (Fsp3) is 0.444. The van der Waals surface area contributed by atoms with Crippen LogP contribution in [0.1, 0.15) is 18.2 Å². The lowest BCUT2D eigenvalue weighted by Crippen LogP contribution is -2.49. The Balaban J connectivity index is 1.57. The number of anilines is 1. The van der Waals surface area contributed by atoms with E-state index in [1.807, 2.05) is 30.2 Å². The van der Waals surface area contributed by atoms with Crippen molar-refractivity contribution >= 4 is 27.2 Å². The maximum Gasteiger partial charge on any atom is 0.268 e. The fourth-order valence-electron chi connectivity index (χ4n) is 3.18. The molecular weight excluding hydrogens is 412 g/mol. The minimum Gasteiger partial charge on any atom is -0.414 e. The molecule has 0 N–H and O–H groups in total. The molecule has 0 aliphatic carbocycles. The zero-order chi connectivity index (χ0) is 20.6. The molecular formula is C18H22N6O3S2. The van der Waals surface area contributed by atoms with Crippen LogP contribution in [0.25, 0.3) is 22.4 Å². The van der Waals surface area contributed by atoms with Crippen LogP contribution in [-0.2, 0) is 10.0 Å². The second kappa shape index (κ2) is 7.81. The Morgan fingerprint density at radius 1 is 1.14 bits per heavy atom. The van der Waals surface area contributed by atoms with E-state index in [0.717, 1.165) is 10.4 Å². The molecule has 1 aliphatic rings. The van der Waals surface area contributed by atoms with Gasteiger partial charge >= 0.3 is 0 Å². The van der Waals surface area contributed by atoms with Gasteiger partial charge in [0.2, 0.25) is 10.0 Å². The highest BCUT2D eigenvalue weighted by molar-refractivity contribution is 7.89. The van der Waals surface area contributed by atoms with Crippen molar-refractivity contribution in [2.45, 2.75) is 20.8 Å². The van der Waals surface area contributed by atoms with Gasteiger partial charge in [0, 0.05) is 26.2 Å². The first kappa shape index (κ1) is 19.9. The van der Waals surface area contributed by atoms with Gasteiger partial charge in [0.25, 0.3) is 11.8 Å². The summed E-state index contributed by atoms with van der Waals surface area (Å²) in [4.78, 5) is 12.1. The van der Waals surface area contributed by atoms with E-state index in [1.165, 1.54) is 4.31 Å². The van der Waals surface area contributed by atoms with Gasteiger partial charge in [-0.3, -0.25) is 4.98 Å². The Morgan fingerprint density at radius 3 is 2.52 bits per heavy atom. The van der Waals surface area contributed by atoms with Crippen molar-refractivity contribution in [3.8, 4) is 22.4 Å². The van der Waals surface area contributed by atoms with E-state index in [2.05, 4.69) is 15.2 Å². The zero-order valence-corrected chi connectivity index (χ0v) is 18.1. The van der Waals surface area contributed by atoms with Crippen molar-refractivity contribution in [1.29, 1.82) is 0 Å². The Labute approximate surface area is 173 Å². The summed E-state index contributed by atoms with van der Waals surface area (Å²) in [5.41, 5.74) is 2.32. The molecule has 4 rings (SSSR count). The molecule has 0 unspecified atom stereocenters. The number of piperazine rings is 1. The van der Waals surface area contributed by atoms with Crippen molar-refractivity contribution < 1.29 is 12.8 Å². The molecule has 9 nitrogen and oxygen atoms in total. The molecule has 3 aromatic heterocycles.